The minimum absolute atomic E-state index is 0.0335. The Labute approximate surface area is 184 Å². The average molecular weight is 425 g/mol. The number of rotatable bonds is 7. The molecule has 0 radical (unpaired) electrons. The van der Waals surface area contributed by atoms with Crippen LogP contribution in [0.25, 0.3) is 0 Å². The molecule has 0 atom stereocenters. The molecule has 1 N–H and O–H groups in total. The summed E-state index contributed by atoms with van der Waals surface area (Å²) in [4.78, 5) is 37.0. The SMILES string of the molecule is O=C(OCc1cccc(C(=O)c2ccccc2)c1)c1ccc(NC(=O)c2ccco2)cc1. The van der Waals surface area contributed by atoms with Gasteiger partial charge in [-0.05, 0) is 48.0 Å². The fraction of sp³-hybridized carbons (Fsp3) is 0.0385. The molecule has 4 aromatic rings. The van der Waals surface area contributed by atoms with E-state index in [0.717, 1.165) is 0 Å². The molecule has 1 heterocycles. The van der Waals surface area contributed by atoms with Gasteiger partial charge in [-0.2, -0.15) is 0 Å². The van der Waals surface area contributed by atoms with E-state index in [0.29, 0.717) is 27.9 Å². The predicted octanol–water partition coefficient (Wildman–Crippen LogP) is 5.12. The van der Waals surface area contributed by atoms with Crippen molar-refractivity contribution >= 4 is 23.3 Å². The number of carbonyl (C=O) groups is 3. The Morgan fingerprint density at radius 1 is 0.750 bits per heavy atom. The van der Waals surface area contributed by atoms with Gasteiger partial charge < -0.3 is 14.5 Å². The Morgan fingerprint density at radius 3 is 2.22 bits per heavy atom. The first kappa shape index (κ1) is 20.8. The molecule has 0 aliphatic heterocycles. The van der Waals surface area contributed by atoms with Crippen molar-refractivity contribution in [3.8, 4) is 0 Å². The van der Waals surface area contributed by atoms with Gasteiger partial charge in [-0.25, -0.2) is 4.79 Å². The molecule has 0 saturated heterocycles. The fourth-order valence-corrected chi connectivity index (χ4v) is 3.08. The maximum atomic E-state index is 12.6. The lowest BCUT2D eigenvalue weighted by Crippen LogP contribution is -2.11. The van der Waals surface area contributed by atoms with Crippen molar-refractivity contribution in [1.29, 1.82) is 0 Å². The van der Waals surface area contributed by atoms with Gasteiger partial charge in [0.1, 0.15) is 6.61 Å². The van der Waals surface area contributed by atoms with Crippen LogP contribution in [0, 0.1) is 0 Å². The Balaban J connectivity index is 1.35. The summed E-state index contributed by atoms with van der Waals surface area (Å²) < 4.78 is 10.4. The molecule has 1 aromatic heterocycles. The lowest BCUT2D eigenvalue weighted by atomic mass is 10.0. The van der Waals surface area contributed by atoms with Crippen LogP contribution < -0.4 is 5.32 Å². The van der Waals surface area contributed by atoms with Crippen molar-refractivity contribution in [3.05, 3.63) is 125 Å². The number of anilines is 1. The molecule has 0 aliphatic carbocycles. The standard InChI is InChI=1S/C26H19NO5/c28-24(19-7-2-1-3-8-19)21-9-4-6-18(16-21)17-32-26(30)20-11-13-22(14-12-20)27-25(29)23-10-5-15-31-23/h1-16H,17H2,(H,27,29). The van der Waals surface area contributed by atoms with Crippen molar-refractivity contribution in [2.24, 2.45) is 0 Å². The molecule has 158 valence electrons. The normalized spacial score (nSPS) is 10.4. The van der Waals surface area contributed by atoms with Crippen LogP contribution in [0.15, 0.2) is 102 Å². The summed E-state index contributed by atoms with van der Waals surface area (Å²) in [5.74, 6) is -0.781. The second-order valence-corrected chi connectivity index (χ2v) is 6.98. The summed E-state index contributed by atoms with van der Waals surface area (Å²) in [6.45, 7) is 0.0335. The van der Waals surface area contributed by atoms with Gasteiger partial charge in [-0.3, -0.25) is 9.59 Å². The van der Waals surface area contributed by atoms with Gasteiger partial charge in [0.05, 0.1) is 11.8 Å². The summed E-state index contributed by atoms with van der Waals surface area (Å²) in [6, 6.07) is 25.5. The summed E-state index contributed by atoms with van der Waals surface area (Å²) in [6.07, 6.45) is 1.42. The molecule has 1 amide bonds. The number of furan rings is 1. The summed E-state index contributed by atoms with van der Waals surface area (Å²) in [7, 11) is 0. The van der Waals surface area contributed by atoms with E-state index in [1.165, 1.54) is 6.26 Å². The summed E-state index contributed by atoms with van der Waals surface area (Å²) in [5, 5.41) is 2.68. The zero-order valence-electron chi connectivity index (χ0n) is 17.0. The van der Waals surface area contributed by atoms with Gasteiger partial charge in [0.25, 0.3) is 5.91 Å². The number of amides is 1. The average Bonchev–Trinajstić information content (AvgIpc) is 3.39. The van der Waals surface area contributed by atoms with Gasteiger partial charge in [-0.15, -0.1) is 0 Å². The molecule has 4 rings (SSSR count). The highest BCUT2D eigenvalue weighted by atomic mass is 16.5. The largest absolute Gasteiger partial charge is 0.459 e. The highest BCUT2D eigenvalue weighted by molar-refractivity contribution is 6.09. The smallest absolute Gasteiger partial charge is 0.338 e. The minimum atomic E-state index is -0.506. The van der Waals surface area contributed by atoms with Crippen molar-refractivity contribution in [2.45, 2.75) is 6.61 Å². The van der Waals surface area contributed by atoms with Gasteiger partial charge in [0.15, 0.2) is 11.5 Å². The number of hydrogen-bond acceptors (Lipinski definition) is 5. The third-order valence-electron chi connectivity index (χ3n) is 4.72. The summed E-state index contributed by atoms with van der Waals surface area (Å²) >= 11 is 0. The first-order valence-electron chi connectivity index (χ1n) is 9.91. The Morgan fingerprint density at radius 2 is 1.50 bits per heavy atom. The first-order chi connectivity index (χ1) is 15.6. The number of nitrogens with one attached hydrogen (secondary N) is 1. The van der Waals surface area contributed by atoms with Gasteiger partial charge >= 0.3 is 5.97 Å². The van der Waals surface area contributed by atoms with Crippen molar-refractivity contribution in [3.63, 3.8) is 0 Å². The monoisotopic (exact) mass is 425 g/mol. The Hall–Kier alpha value is -4.45. The van der Waals surface area contributed by atoms with E-state index in [1.807, 2.05) is 18.2 Å². The van der Waals surface area contributed by atoms with Crippen molar-refractivity contribution in [2.75, 3.05) is 5.32 Å². The zero-order valence-corrected chi connectivity index (χ0v) is 17.0. The number of benzene rings is 3. The van der Waals surface area contributed by atoms with E-state index in [4.69, 9.17) is 9.15 Å². The highest BCUT2D eigenvalue weighted by Gasteiger charge is 2.12. The number of ketones is 1. The Bertz CT molecular complexity index is 1230. The van der Waals surface area contributed by atoms with Crippen LogP contribution in [0.2, 0.25) is 0 Å². The van der Waals surface area contributed by atoms with Crippen molar-refractivity contribution < 1.29 is 23.5 Å². The Kier molecular flexibility index (Phi) is 6.22. The first-order valence-corrected chi connectivity index (χ1v) is 9.91. The fourth-order valence-electron chi connectivity index (χ4n) is 3.08. The van der Waals surface area contributed by atoms with E-state index in [1.54, 1.807) is 72.8 Å². The molecule has 3 aromatic carbocycles. The van der Waals surface area contributed by atoms with E-state index in [2.05, 4.69) is 5.32 Å². The number of hydrogen-bond donors (Lipinski definition) is 1. The number of esters is 1. The predicted molar refractivity (Wildman–Crippen MR) is 119 cm³/mol. The molecule has 0 spiro atoms. The van der Waals surface area contributed by atoms with E-state index in [9.17, 15) is 14.4 Å². The highest BCUT2D eigenvalue weighted by Crippen LogP contribution is 2.15. The lowest BCUT2D eigenvalue weighted by molar-refractivity contribution is 0.0472. The maximum absolute atomic E-state index is 12.6. The number of carbonyl (C=O) groups excluding carboxylic acids is 3. The zero-order chi connectivity index (χ0) is 22.3. The minimum Gasteiger partial charge on any atom is -0.459 e. The molecule has 0 bridgehead atoms. The third kappa shape index (κ3) is 4.99. The van der Waals surface area contributed by atoms with Crippen LogP contribution in [0.1, 0.15) is 42.4 Å². The molecule has 6 nitrogen and oxygen atoms in total. The molecule has 0 saturated carbocycles. The second kappa shape index (κ2) is 9.57. The van der Waals surface area contributed by atoms with Crippen LogP contribution in [0.4, 0.5) is 5.69 Å². The van der Waals surface area contributed by atoms with E-state index >= 15 is 0 Å². The molecular formula is C26H19NO5. The molecule has 0 fully saturated rings. The van der Waals surface area contributed by atoms with Crippen LogP contribution in [-0.2, 0) is 11.3 Å². The quantitative estimate of drug-likeness (QED) is 0.328. The van der Waals surface area contributed by atoms with Crippen molar-refractivity contribution in [1.82, 2.24) is 0 Å². The molecule has 0 unspecified atom stereocenters. The molecule has 0 aliphatic rings. The van der Waals surface area contributed by atoms with E-state index in [-0.39, 0.29) is 24.1 Å². The van der Waals surface area contributed by atoms with Crippen LogP contribution in [-0.4, -0.2) is 17.7 Å². The van der Waals surface area contributed by atoms with Crippen LogP contribution in [0.3, 0.4) is 0 Å². The van der Waals surface area contributed by atoms with Gasteiger partial charge in [0.2, 0.25) is 0 Å². The summed E-state index contributed by atoms with van der Waals surface area (Å²) in [5.41, 5.74) is 2.71. The number of ether oxygens (including phenoxy) is 1. The van der Waals surface area contributed by atoms with Gasteiger partial charge in [0, 0.05) is 16.8 Å². The van der Waals surface area contributed by atoms with Gasteiger partial charge in [-0.1, -0.05) is 48.5 Å². The van der Waals surface area contributed by atoms with E-state index < -0.39 is 5.97 Å². The third-order valence-corrected chi connectivity index (χ3v) is 4.72. The van der Waals surface area contributed by atoms with Crippen LogP contribution in [0.5, 0.6) is 0 Å². The lowest BCUT2D eigenvalue weighted by Gasteiger charge is -2.08. The van der Waals surface area contributed by atoms with Crippen LogP contribution >= 0.6 is 0 Å². The molecule has 6 heteroatoms. The molecular weight excluding hydrogens is 406 g/mol. The molecule has 32 heavy (non-hydrogen) atoms. The second-order valence-electron chi connectivity index (χ2n) is 6.98. The topological polar surface area (TPSA) is 85.6 Å². The maximum Gasteiger partial charge on any atom is 0.338 e.